The molecule has 0 aliphatic heterocycles. The maximum absolute atomic E-state index is 2.54. The minimum atomic E-state index is -0.172. The smallest absolute Gasteiger partial charge is 0.0789 e. The number of nitrogens with zero attached hydrogens (tertiary/aromatic N) is 1. The zero-order valence-corrected chi connectivity index (χ0v) is 17.9. The zero-order chi connectivity index (χ0) is 20.6. The standard InChI is InChI=1S/C29H29N/c1-22-11-9-19-29(2,20-10-12-22)30-27-17-7-6-16-25(27)26-21-24(15-8-18-28(26)30)23-13-4-3-5-14-23/h3-10,13-20,22H,11-12,21H2,1-2H3/b19-9-,20-10-. The molecule has 2 aliphatic rings. The molecule has 0 fully saturated rings. The molecule has 3 aromatic rings. The molecular weight excluding hydrogens is 362 g/mol. The van der Waals surface area contributed by atoms with Gasteiger partial charge in [0.15, 0.2) is 0 Å². The van der Waals surface area contributed by atoms with Crippen LogP contribution in [0.25, 0.3) is 22.6 Å². The van der Waals surface area contributed by atoms with E-state index in [1.807, 2.05) is 0 Å². The van der Waals surface area contributed by atoms with Gasteiger partial charge in [0.25, 0.3) is 0 Å². The van der Waals surface area contributed by atoms with E-state index in [9.17, 15) is 0 Å². The summed E-state index contributed by atoms with van der Waals surface area (Å²) in [6, 6.07) is 19.7. The Balaban J connectivity index is 1.69. The molecule has 0 spiro atoms. The first-order valence-electron chi connectivity index (χ1n) is 11.1. The van der Waals surface area contributed by atoms with Crippen molar-refractivity contribution >= 4 is 22.6 Å². The van der Waals surface area contributed by atoms with E-state index in [0.29, 0.717) is 5.92 Å². The molecule has 1 heteroatoms. The molecule has 0 N–H and O–H groups in total. The van der Waals surface area contributed by atoms with Gasteiger partial charge in [-0.3, -0.25) is 0 Å². The van der Waals surface area contributed by atoms with E-state index in [-0.39, 0.29) is 5.54 Å². The molecule has 0 saturated heterocycles. The van der Waals surface area contributed by atoms with Gasteiger partial charge in [-0.05, 0) is 54.5 Å². The van der Waals surface area contributed by atoms with Gasteiger partial charge in [-0.1, -0.05) is 91.9 Å². The zero-order valence-electron chi connectivity index (χ0n) is 17.9. The predicted octanol–water partition coefficient (Wildman–Crippen LogP) is 7.55. The summed E-state index contributed by atoms with van der Waals surface area (Å²) in [5, 5.41) is 1.36. The van der Waals surface area contributed by atoms with Gasteiger partial charge in [0.2, 0.25) is 0 Å². The third kappa shape index (κ3) is 3.29. The minimum Gasteiger partial charge on any atom is -0.328 e. The van der Waals surface area contributed by atoms with Crippen LogP contribution in [-0.2, 0) is 12.0 Å². The fourth-order valence-electron chi connectivity index (χ4n) is 4.94. The second-order valence-corrected chi connectivity index (χ2v) is 8.92. The number of benzene rings is 2. The molecule has 1 nitrogen and oxygen atoms in total. The Kier molecular flexibility index (Phi) is 4.83. The second kappa shape index (κ2) is 7.65. The van der Waals surface area contributed by atoms with Crippen molar-refractivity contribution in [1.29, 1.82) is 0 Å². The molecule has 1 heterocycles. The first-order chi connectivity index (χ1) is 14.7. The summed E-state index contributed by atoms with van der Waals surface area (Å²) in [5.74, 6) is 0.707. The third-order valence-corrected chi connectivity index (χ3v) is 6.55. The first kappa shape index (κ1) is 18.9. The maximum Gasteiger partial charge on any atom is 0.0789 e. The van der Waals surface area contributed by atoms with Gasteiger partial charge in [-0.25, -0.2) is 0 Å². The molecule has 30 heavy (non-hydrogen) atoms. The maximum atomic E-state index is 2.54. The lowest BCUT2D eigenvalue weighted by molar-refractivity contribution is 0.507. The quantitative estimate of drug-likeness (QED) is 0.397. The van der Waals surface area contributed by atoms with Crippen LogP contribution >= 0.6 is 0 Å². The van der Waals surface area contributed by atoms with Gasteiger partial charge < -0.3 is 4.57 Å². The van der Waals surface area contributed by atoms with Crippen LogP contribution in [0.3, 0.4) is 0 Å². The van der Waals surface area contributed by atoms with Gasteiger partial charge in [0.05, 0.1) is 5.54 Å². The summed E-state index contributed by atoms with van der Waals surface area (Å²) in [5.41, 5.74) is 6.56. The minimum absolute atomic E-state index is 0.172. The summed E-state index contributed by atoms with van der Waals surface area (Å²) in [6.07, 6.45) is 19.6. The van der Waals surface area contributed by atoms with E-state index < -0.39 is 0 Å². The molecule has 2 aromatic carbocycles. The Morgan fingerprint density at radius 3 is 2.37 bits per heavy atom. The van der Waals surface area contributed by atoms with E-state index >= 15 is 0 Å². The highest BCUT2D eigenvalue weighted by Crippen LogP contribution is 2.39. The average molecular weight is 392 g/mol. The van der Waals surface area contributed by atoms with Crippen molar-refractivity contribution in [2.24, 2.45) is 5.92 Å². The van der Waals surface area contributed by atoms with Crippen LogP contribution in [-0.4, -0.2) is 4.57 Å². The van der Waals surface area contributed by atoms with E-state index in [4.69, 9.17) is 0 Å². The average Bonchev–Trinajstić information content (AvgIpc) is 2.90. The van der Waals surface area contributed by atoms with Crippen LogP contribution in [0.1, 0.15) is 43.5 Å². The molecule has 0 radical (unpaired) electrons. The highest BCUT2D eigenvalue weighted by molar-refractivity contribution is 5.92. The van der Waals surface area contributed by atoms with Crippen molar-refractivity contribution in [3.8, 4) is 0 Å². The highest BCUT2D eigenvalue weighted by atomic mass is 15.1. The number of para-hydroxylation sites is 1. The largest absolute Gasteiger partial charge is 0.328 e. The van der Waals surface area contributed by atoms with Crippen molar-refractivity contribution in [2.75, 3.05) is 0 Å². The highest BCUT2D eigenvalue weighted by Gasteiger charge is 2.28. The van der Waals surface area contributed by atoms with E-state index in [1.165, 1.54) is 33.3 Å². The van der Waals surface area contributed by atoms with Crippen LogP contribution in [0, 0.1) is 5.92 Å². The summed E-state index contributed by atoms with van der Waals surface area (Å²) >= 11 is 0. The van der Waals surface area contributed by atoms with Gasteiger partial charge in [-0.2, -0.15) is 0 Å². The topological polar surface area (TPSA) is 4.93 Å². The Morgan fingerprint density at radius 2 is 1.60 bits per heavy atom. The number of aromatic nitrogens is 1. The Labute approximate surface area is 179 Å². The Morgan fingerprint density at radius 1 is 0.900 bits per heavy atom. The lowest BCUT2D eigenvalue weighted by atomic mass is 9.92. The summed E-state index contributed by atoms with van der Waals surface area (Å²) in [6.45, 7) is 4.67. The van der Waals surface area contributed by atoms with Gasteiger partial charge >= 0.3 is 0 Å². The molecule has 0 atom stereocenters. The Bertz CT molecular complexity index is 1170. The normalized spacial score (nSPS) is 25.7. The van der Waals surface area contributed by atoms with Crippen LogP contribution in [0.4, 0.5) is 0 Å². The van der Waals surface area contributed by atoms with Crippen molar-refractivity contribution in [3.05, 3.63) is 108 Å². The van der Waals surface area contributed by atoms with Crippen LogP contribution in [0.5, 0.6) is 0 Å². The molecule has 0 bridgehead atoms. The van der Waals surface area contributed by atoms with Crippen molar-refractivity contribution in [2.45, 2.75) is 38.6 Å². The van der Waals surface area contributed by atoms with E-state index in [1.54, 1.807) is 0 Å². The third-order valence-electron chi connectivity index (χ3n) is 6.55. The molecular formula is C29H29N. The number of fused-ring (bicyclic) bond motifs is 3. The van der Waals surface area contributed by atoms with Crippen LogP contribution in [0.2, 0.25) is 0 Å². The number of hydrogen-bond acceptors (Lipinski definition) is 0. The molecule has 0 saturated carbocycles. The summed E-state index contributed by atoms with van der Waals surface area (Å²) < 4.78 is 2.54. The van der Waals surface area contributed by atoms with Crippen molar-refractivity contribution < 1.29 is 0 Å². The number of rotatable bonds is 2. The molecule has 2 aliphatic carbocycles. The fraction of sp³-hybridized carbons (Fsp3) is 0.241. The molecule has 150 valence electrons. The summed E-state index contributed by atoms with van der Waals surface area (Å²) in [4.78, 5) is 0. The van der Waals surface area contributed by atoms with Crippen LogP contribution in [0.15, 0.2) is 91.1 Å². The van der Waals surface area contributed by atoms with Crippen LogP contribution < -0.4 is 0 Å². The predicted molar refractivity (Wildman–Crippen MR) is 129 cm³/mol. The van der Waals surface area contributed by atoms with Crippen molar-refractivity contribution in [3.63, 3.8) is 0 Å². The first-order valence-corrected chi connectivity index (χ1v) is 11.1. The van der Waals surface area contributed by atoms with Gasteiger partial charge in [0.1, 0.15) is 0 Å². The van der Waals surface area contributed by atoms with Gasteiger partial charge in [0, 0.05) is 23.0 Å². The number of allylic oxidation sites excluding steroid dienone is 7. The lowest BCUT2D eigenvalue weighted by Gasteiger charge is -2.29. The van der Waals surface area contributed by atoms with Crippen molar-refractivity contribution in [1.82, 2.24) is 4.57 Å². The SMILES string of the molecule is CC1C/C=C\C(C)(n2c3c(c4ccccc42)CC(c2ccccc2)=CC=C3)/C=C\C1. The number of hydrogen-bond donors (Lipinski definition) is 0. The lowest BCUT2D eigenvalue weighted by Crippen LogP contribution is -2.27. The fourth-order valence-corrected chi connectivity index (χ4v) is 4.94. The van der Waals surface area contributed by atoms with E-state index in [2.05, 4.69) is 116 Å². The molecule has 0 amide bonds. The summed E-state index contributed by atoms with van der Waals surface area (Å²) in [7, 11) is 0. The van der Waals surface area contributed by atoms with Gasteiger partial charge in [-0.15, -0.1) is 0 Å². The van der Waals surface area contributed by atoms with E-state index in [0.717, 1.165) is 19.3 Å². The molecule has 5 rings (SSSR count). The monoisotopic (exact) mass is 391 g/mol. The Hall–Kier alpha value is -3.06. The second-order valence-electron chi connectivity index (χ2n) is 8.92. The molecule has 1 aromatic heterocycles. The molecule has 0 unspecified atom stereocenters.